The van der Waals surface area contributed by atoms with Gasteiger partial charge < -0.3 is 15.4 Å². The van der Waals surface area contributed by atoms with Crippen LogP contribution in [0.4, 0.5) is 8.78 Å². The van der Waals surface area contributed by atoms with Crippen molar-refractivity contribution >= 4 is 29.1 Å². The number of amides is 2. The second-order valence-corrected chi connectivity index (χ2v) is 7.06. The van der Waals surface area contributed by atoms with Gasteiger partial charge in [-0.1, -0.05) is 0 Å². The summed E-state index contributed by atoms with van der Waals surface area (Å²) in [5.74, 6) is -3.54. The number of halogens is 2. The van der Waals surface area contributed by atoms with Crippen LogP contribution in [-0.2, 0) is 25.5 Å². The molecule has 0 radical (unpaired) electrons. The molecule has 0 aliphatic rings. The van der Waals surface area contributed by atoms with Gasteiger partial charge in [-0.05, 0) is 31.5 Å². The zero-order valence-electron chi connectivity index (χ0n) is 15.4. The summed E-state index contributed by atoms with van der Waals surface area (Å²) in [4.78, 5) is 40.6. The van der Waals surface area contributed by atoms with E-state index in [0.717, 1.165) is 12.1 Å². The number of aryl methyl sites for hydroxylation is 1. The minimum absolute atomic E-state index is 0.132. The molecule has 150 valence electrons. The van der Waals surface area contributed by atoms with E-state index in [-0.39, 0.29) is 12.0 Å². The number of esters is 1. The van der Waals surface area contributed by atoms with E-state index in [9.17, 15) is 23.2 Å². The first kappa shape index (κ1) is 21.4. The Balaban J connectivity index is 2.00. The number of benzene rings is 1. The number of hydrogen-bond acceptors (Lipinski definition) is 6. The lowest BCUT2D eigenvalue weighted by atomic mass is 10.1. The number of carbonyl (C=O) groups excluding carboxylic acids is 3. The number of methoxy groups -OCH3 is 1. The van der Waals surface area contributed by atoms with E-state index >= 15 is 0 Å². The maximum Gasteiger partial charge on any atom is 0.334 e. The molecule has 0 spiro atoms. The Hall–Kier alpha value is -2.88. The van der Waals surface area contributed by atoms with Crippen LogP contribution in [0.5, 0.6) is 0 Å². The van der Waals surface area contributed by atoms with Crippen LogP contribution in [0.25, 0.3) is 0 Å². The van der Waals surface area contributed by atoms with E-state index in [4.69, 9.17) is 4.74 Å². The maximum absolute atomic E-state index is 13.2. The summed E-state index contributed by atoms with van der Waals surface area (Å²) in [5.41, 5.74) is 0.462. The van der Waals surface area contributed by atoms with Crippen molar-refractivity contribution in [2.45, 2.75) is 32.4 Å². The topological polar surface area (TPSA) is 97.4 Å². The van der Waals surface area contributed by atoms with E-state index in [1.807, 2.05) is 0 Å². The van der Waals surface area contributed by atoms with E-state index in [1.165, 1.54) is 25.4 Å². The molecule has 2 rings (SSSR count). The Morgan fingerprint density at radius 1 is 1.18 bits per heavy atom. The molecule has 1 aromatic heterocycles. The molecule has 0 bridgehead atoms. The van der Waals surface area contributed by atoms with Gasteiger partial charge in [0.2, 0.25) is 11.8 Å². The van der Waals surface area contributed by atoms with Crippen molar-refractivity contribution in [2.75, 3.05) is 7.11 Å². The Kier molecular flexibility index (Phi) is 7.16. The number of thiazole rings is 1. The highest BCUT2D eigenvalue weighted by atomic mass is 32.1. The van der Waals surface area contributed by atoms with Crippen LogP contribution in [0.15, 0.2) is 23.6 Å². The number of hydrogen-bond donors (Lipinski definition) is 2. The molecule has 1 aromatic carbocycles. The smallest absolute Gasteiger partial charge is 0.334 e. The second-order valence-electron chi connectivity index (χ2n) is 6.00. The summed E-state index contributed by atoms with van der Waals surface area (Å²) in [7, 11) is 1.18. The van der Waals surface area contributed by atoms with Gasteiger partial charge in [0.1, 0.15) is 17.7 Å². The van der Waals surface area contributed by atoms with Crippen molar-refractivity contribution in [1.82, 2.24) is 15.6 Å². The minimum atomic E-state index is -1.11. The molecule has 2 atom stereocenters. The van der Waals surface area contributed by atoms with Crippen LogP contribution in [-0.4, -0.2) is 35.9 Å². The molecule has 2 amide bonds. The molecule has 0 aliphatic carbocycles. The maximum atomic E-state index is 13.2. The van der Waals surface area contributed by atoms with Crippen molar-refractivity contribution in [1.29, 1.82) is 0 Å². The van der Waals surface area contributed by atoms with E-state index in [0.29, 0.717) is 16.8 Å². The van der Waals surface area contributed by atoms with Crippen molar-refractivity contribution in [3.8, 4) is 0 Å². The third-order valence-corrected chi connectivity index (χ3v) is 4.51. The van der Waals surface area contributed by atoms with Crippen LogP contribution >= 0.6 is 11.3 Å². The van der Waals surface area contributed by atoms with Gasteiger partial charge in [0.15, 0.2) is 6.04 Å². The molecule has 10 heteroatoms. The van der Waals surface area contributed by atoms with Crippen LogP contribution in [0.2, 0.25) is 0 Å². The van der Waals surface area contributed by atoms with Crippen molar-refractivity contribution < 1.29 is 27.9 Å². The van der Waals surface area contributed by atoms with E-state index in [2.05, 4.69) is 15.6 Å². The highest BCUT2D eigenvalue weighted by Crippen LogP contribution is 2.18. The van der Waals surface area contributed by atoms with Gasteiger partial charge in [-0.3, -0.25) is 9.59 Å². The van der Waals surface area contributed by atoms with Crippen LogP contribution < -0.4 is 10.6 Å². The van der Waals surface area contributed by atoms with Crippen LogP contribution in [0.1, 0.15) is 29.2 Å². The number of carbonyl (C=O) groups is 3. The lowest BCUT2D eigenvalue weighted by molar-refractivity contribution is -0.145. The summed E-state index contributed by atoms with van der Waals surface area (Å²) < 4.78 is 31.1. The predicted molar refractivity (Wildman–Crippen MR) is 97.4 cm³/mol. The fourth-order valence-corrected chi connectivity index (χ4v) is 3.05. The van der Waals surface area contributed by atoms with Crippen molar-refractivity contribution in [3.05, 3.63) is 51.5 Å². The first-order valence-electron chi connectivity index (χ1n) is 8.24. The molecule has 0 aliphatic heterocycles. The molecule has 0 fully saturated rings. The molecule has 0 saturated carbocycles. The molecule has 28 heavy (non-hydrogen) atoms. The fourth-order valence-electron chi connectivity index (χ4n) is 2.41. The SMILES string of the molecule is COC(=O)C(NC(=O)[C@H](C)NC(=O)Cc1cc(F)cc(F)c1)c1csc(C)n1. The highest BCUT2D eigenvalue weighted by molar-refractivity contribution is 7.09. The Morgan fingerprint density at radius 3 is 2.36 bits per heavy atom. The monoisotopic (exact) mass is 411 g/mol. The number of nitrogens with zero attached hydrogens (tertiary/aromatic N) is 1. The van der Waals surface area contributed by atoms with Gasteiger partial charge in [0.25, 0.3) is 0 Å². The standard InChI is InChI=1S/C18H19F2N3O4S/c1-9(21-15(24)6-11-4-12(19)7-13(20)5-11)17(25)23-16(18(26)27-3)14-8-28-10(2)22-14/h4-5,7-9,16H,6H2,1-3H3,(H,21,24)(H,23,25)/t9-,16?/m0/s1. The Labute approximate surface area is 164 Å². The zero-order valence-corrected chi connectivity index (χ0v) is 16.2. The van der Waals surface area contributed by atoms with Crippen molar-refractivity contribution in [2.24, 2.45) is 0 Å². The summed E-state index contributed by atoms with van der Waals surface area (Å²) >= 11 is 1.31. The Morgan fingerprint density at radius 2 is 1.82 bits per heavy atom. The molecule has 7 nitrogen and oxygen atoms in total. The quantitative estimate of drug-likeness (QED) is 0.678. The normalized spacial score (nSPS) is 12.8. The molecule has 2 N–H and O–H groups in total. The Bertz CT molecular complexity index is 867. The second kappa shape index (κ2) is 9.36. The summed E-state index contributed by atoms with van der Waals surface area (Å²) in [6.07, 6.45) is -0.308. The largest absolute Gasteiger partial charge is 0.467 e. The first-order valence-corrected chi connectivity index (χ1v) is 9.12. The van der Waals surface area contributed by atoms with Gasteiger partial charge >= 0.3 is 5.97 Å². The van der Waals surface area contributed by atoms with Gasteiger partial charge in [0.05, 0.1) is 24.2 Å². The molecular formula is C18H19F2N3O4S. The highest BCUT2D eigenvalue weighted by Gasteiger charge is 2.28. The molecular weight excluding hydrogens is 392 g/mol. The van der Waals surface area contributed by atoms with E-state index in [1.54, 1.807) is 12.3 Å². The summed E-state index contributed by atoms with van der Waals surface area (Å²) in [6.45, 7) is 3.17. The average Bonchev–Trinajstić information content (AvgIpc) is 3.03. The van der Waals surface area contributed by atoms with Gasteiger partial charge in [-0.2, -0.15) is 0 Å². The third kappa shape index (κ3) is 5.81. The summed E-state index contributed by atoms with van der Waals surface area (Å²) in [6, 6.07) is 0.651. The van der Waals surface area contributed by atoms with Gasteiger partial charge in [-0.15, -0.1) is 11.3 Å². The van der Waals surface area contributed by atoms with Crippen LogP contribution in [0, 0.1) is 18.6 Å². The number of rotatable bonds is 7. The van der Waals surface area contributed by atoms with Gasteiger partial charge in [0, 0.05) is 11.4 Å². The van der Waals surface area contributed by atoms with E-state index < -0.39 is 41.5 Å². The average molecular weight is 411 g/mol. The lowest BCUT2D eigenvalue weighted by Gasteiger charge is -2.19. The van der Waals surface area contributed by atoms with Crippen molar-refractivity contribution in [3.63, 3.8) is 0 Å². The molecule has 1 heterocycles. The fraction of sp³-hybridized carbons (Fsp3) is 0.333. The van der Waals surface area contributed by atoms with Crippen LogP contribution in [0.3, 0.4) is 0 Å². The van der Waals surface area contributed by atoms with Gasteiger partial charge in [-0.25, -0.2) is 18.6 Å². The lowest BCUT2D eigenvalue weighted by Crippen LogP contribution is -2.47. The number of aromatic nitrogens is 1. The predicted octanol–water partition coefficient (Wildman–Crippen LogP) is 1.81. The summed E-state index contributed by atoms with van der Waals surface area (Å²) in [5, 5.41) is 7.23. The number of ether oxygens (including phenoxy) is 1. The molecule has 1 unspecified atom stereocenters. The third-order valence-electron chi connectivity index (χ3n) is 3.71. The molecule has 2 aromatic rings. The molecule has 0 saturated heterocycles. The first-order chi connectivity index (χ1) is 13.2. The minimum Gasteiger partial charge on any atom is -0.467 e. The number of nitrogens with one attached hydrogen (secondary N) is 2. The zero-order chi connectivity index (χ0) is 20.8.